The smallest absolute Gasteiger partial charge is 0.341 e. The Morgan fingerprint density at radius 2 is 1.97 bits per heavy atom. The van der Waals surface area contributed by atoms with Crippen LogP contribution in [-0.2, 0) is 4.79 Å². The Labute approximate surface area is 172 Å². The van der Waals surface area contributed by atoms with Gasteiger partial charge in [-0.15, -0.1) is 0 Å². The average molecular weight is 411 g/mol. The van der Waals surface area contributed by atoms with Crippen molar-refractivity contribution >= 4 is 29.2 Å². The van der Waals surface area contributed by atoms with Gasteiger partial charge in [0.25, 0.3) is 0 Å². The summed E-state index contributed by atoms with van der Waals surface area (Å²) in [5.41, 5.74) is 1.56. The topological polar surface area (TPSA) is 122 Å². The average Bonchev–Trinajstić information content (AvgIpc) is 2.76. The Hall–Kier alpha value is -3.72. The summed E-state index contributed by atoms with van der Waals surface area (Å²) in [7, 11) is 0. The van der Waals surface area contributed by atoms with Crippen molar-refractivity contribution in [3.63, 3.8) is 0 Å². The van der Waals surface area contributed by atoms with Crippen molar-refractivity contribution in [3.8, 4) is 5.75 Å². The molecule has 30 heavy (non-hydrogen) atoms. The van der Waals surface area contributed by atoms with Crippen LogP contribution >= 0.6 is 0 Å². The molecule has 0 saturated carbocycles. The molecule has 1 heterocycles. The molecule has 1 aliphatic rings. The monoisotopic (exact) mass is 411 g/mol. The van der Waals surface area contributed by atoms with E-state index in [4.69, 9.17) is 9.84 Å². The van der Waals surface area contributed by atoms with E-state index >= 15 is 0 Å². The molecule has 1 saturated heterocycles. The molecule has 0 amide bonds. The standard InChI is InChI=1S/C21H21N3O6/c25-19(16-2-1-3-17(13-16)23-10-8-22-9-11-23)6-4-15-5-7-20(30-14-21(26)27)18(12-15)24(28)29/h1-7,12-13,22H,8-11,14H2,(H,26,27)/b6-4+. The van der Waals surface area contributed by atoms with E-state index in [2.05, 4.69) is 10.2 Å². The van der Waals surface area contributed by atoms with Crippen LogP contribution in [0.4, 0.5) is 11.4 Å². The first-order valence-electron chi connectivity index (χ1n) is 9.35. The fourth-order valence-electron chi connectivity index (χ4n) is 3.09. The van der Waals surface area contributed by atoms with E-state index in [1.165, 1.54) is 30.4 Å². The second-order valence-corrected chi connectivity index (χ2v) is 6.65. The van der Waals surface area contributed by atoms with Crippen molar-refractivity contribution in [3.05, 3.63) is 69.8 Å². The van der Waals surface area contributed by atoms with Gasteiger partial charge in [-0.3, -0.25) is 14.9 Å². The van der Waals surface area contributed by atoms with E-state index in [0.717, 1.165) is 31.9 Å². The summed E-state index contributed by atoms with van der Waals surface area (Å²) in [6.45, 7) is 2.84. The van der Waals surface area contributed by atoms with Crippen LogP contribution in [0.1, 0.15) is 15.9 Å². The number of carbonyl (C=O) groups is 2. The minimum atomic E-state index is -1.23. The lowest BCUT2D eigenvalue weighted by molar-refractivity contribution is -0.385. The van der Waals surface area contributed by atoms with Gasteiger partial charge in [0.2, 0.25) is 0 Å². The minimum absolute atomic E-state index is 0.144. The molecule has 0 atom stereocenters. The van der Waals surface area contributed by atoms with Crippen molar-refractivity contribution < 1.29 is 24.4 Å². The number of carboxylic acids is 1. The van der Waals surface area contributed by atoms with Gasteiger partial charge in [0.15, 0.2) is 18.1 Å². The SMILES string of the molecule is O=C(O)COc1ccc(/C=C/C(=O)c2cccc(N3CCNCC3)c2)cc1[N+](=O)[O-]. The Morgan fingerprint density at radius 1 is 1.20 bits per heavy atom. The summed E-state index contributed by atoms with van der Waals surface area (Å²) in [6.07, 6.45) is 2.83. The van der Waals surface area contributed by atoms with Crippen molar-refractivity contribution in [1.29, 1.82) is 0 Å². The van der Waals surface area contributed by atoms with E-state index in [0.29, 0.717) is 11.1 Å². The van der Waals surface area contributed by atoms with Gasteiger partial charge in [-0.1, -0.05) is 24.3 Å². The summed E-state index contributed by atoms with van der Waals surface area (Å²) in [5, 5.41) is 23.2. The molecule has 3 rings (SSSR count). The van der Waals surface area contributed by atoms with E-state index < -0.39 is 17.5 Å². The fourth-order valence-corrected chi connectivity index (χ4v) is 3.09. The Morgan fingerprint density at radius 3 is 2.67 bits per heavy atom. The number of rotatable bonds is 8. The van der Waals surface area contributed by atoms with Gasteiger partial charge < -0.3 is 20.1 Å². The molecule has 0 radical (unpaired) electrons. The lowest BCUT2D eigenvalue weighted by Gasteiger charge is -2.29. The molecular formula is C21H21N3O6. The second kappa shape index (κ2) is 9.66. The van der Waals surface area contributed by atoms with Crippen LogP contribution < -0.4 is 15.0 Å². The molecule has 0 aromatic heterocycles. The van der Waals surface area contributed by atoms with Crippen LogP contribution in [0.25, 0.3) is 6.08 Å². The van der Waals surface area contributed by atoms with E-state index in [-0.39, 0.29) is 17.2 Å². The Kier molecular flexibility index (Phi) is 6.76. The summed E-state index contributed by atoms with van der Waals surface area (Å²) >= 11 is 0. The number of ether oxygens (including phenoxy) is 1. The molecule has 1 aliphatic heterocycles. The van der Waals surface area contributed by atoms with Gasteiger partial charge in [-0.05, 0) is 29.8 Å². The first kappa shape index (κ1) is 21.0. The van der Waals surface area contributed by atoms with E-state index in [9.17, 15) is 19.7 Å². The highest BCUT2D eigenvalue weighted by atomic mass is 16.6. The first-order valence-corrected chi connectivity index (χ1v) is 9.35. The molecular weight excluding hydrogens is 390 g/mol. The van der Waals surface area contributed by atoms with Crippen molar-refractivity contribution in [2.24, 2.45) is 0 Å². The molecule has 2 N–H and O–H groups in total. The molecule has 2 aromatic carbocycles. The third kappa shape index (κ3) is 5.42. The highest BCUT2D eigenvalue weighted by molar-refractivity contribution is 6.07. The molecule has 0 aliphatic carbocycles. The Bertz CT molecular complexity index is 982. The minimum Gasteiger partial charge on any atom is -0.479 e. The quantitative estimate of drug-likeness (QED) is 0.294. The maximum Gasteiger partial charge on any atom is 0.341 e. The number of nitro benzene ring substituents is 1. The number of hydrogen-bond acceptors (Lipinski definition) is 7. The van der Waals surface area contributed by atoms with E-state index in [1.54, 1.807) is 6.07 Å². The number of anilines is 1. The number of piperazine rings is 1. The number of hydrogen-bond donors (Lipinski definition) is 2. The molecule has 2 aromatic rings. The third-order valence-electron chi connectivity index (χ3n) is 4.57. The van der Waals surface area contributed by atoms with Gasteiger partial charge in [-0.2, -0.15) is 0 Å². The number of nitrogens with one attached hydrogen (secondary N) is 1. The maximum atomic E-state index is 12.6. The summed E-state index contributed by atoms with van der Waals surface area (Å²) in [4.78, 5) is 36.0. The lowest BCUT2D eigenvalue weighted by Crippen LogP contribution is -2.43. The lowest BCUT2D eigenvalue weighted by atomic mass is 10.1. The van der Waals surface area contributed by atoms with Crippen LogP contribution in [0.15, 0.2) is 48.5 Å². The van der Waals surface area contributed by atoms with Crippen molar-refractivity contribution in [2.45, 2.75) is 0 Å². The fraction of sp³-hybridized carbons (Fsp3) is 0.238. The highest BCUT2D eigenvalue weighted by Crippen LogP contribution is 2.28. The normalized spacial score (nSPS) is 13.9. The van der Waals surface area contributed by atoms with Gasteiger partial charge in [0.05, 0.1) is 4.92 Å². The summed E-state index contributed by atoms with van der Waals surface area (Å²) < 4.78 is 4.94. The number of allylic oxidation sites excluding steroid dienone is 1. The molecule has 0 unspecified atom stereocenters. The first-order chi connectivity index (χ1) is 14.4. The van der Waals surface area contributed by atoms with Crippen LogP contribution in [0.5, 0.6) is 5.75 Å². The Balaban J connectivity index is 1.75. The number of nitro groups is 1. The molecule has 9 nitrogen and oxygen atoms in total. The number of ketones is 1. The van der Waals surface area contributed by atoms with Gasteiger partial charge in [0.1, 0.15) is 0 Å². The molecule has 0 bridgehead atoms. The van der Waals surface area contributed by atoms with Crippen LogP contribution in [0.2, 0.25) is 0 Å². The zero-order chi connectivity index (χ0) is 21.5. The second-order valence-electron chi connectivity index (χ2n) is 6.65. The zero-order valence-electron chi connectivity index (χ0n) is 16.1. The van der Waals surface area contributed by atoms with Gasteiger partial charge >= 0.3 is 11.7 Å². The number of nitrogens with zero attached hydrogens (tertiary/aromatic N) is 2. The zero-order valence-corrected chi connectivity index (χ0v) is 16.1. The summed E-state index contributed by atoms with van der Waals surface area (Å²) in [6, 6.07) is 11.4. The van der Waals surface area contributed by atoms with Crippen molar-refractivity contribution in [1.82, 2.24) is 5.32 Å². The number of benzene rings is 2. The molecule has 9 heteroatoms. The predicted octanol–water partition coefficient (Wildman–Crippen LogP) is 2.36. The van der Waals surface area contributed by atoms with Gasteiger partial charge in [0, 0.05) is 43.5 Å². The number of carboxylic acid groups (broad SMARTS) is 1. The van der Waals surface area contributed by atoms with Crippen molar-refractivity contribution in [2.75, 3.05) is 37.7 Å². The van der Waals surface area contributed by atoms with Crippen LogP contribution in [0.3, 0.4) is 0 Å². The van der Waals surface area contributed by atoms with E-state index in [1.807, 2.05) is 18.2 Å². The highest BCUT2D eigenvalue weighted by Gasteiger charge is 2.17. The number of carbonyl (C=O) groups excluding carboxylic acids is 1. The largest absolute Gasteiger partial charge is 0.479 e. The molecule has 0 spiro atoms. The maximum absolute atomic E-state index is 12.6. The number of aliphatic carboxylic acids is 1. The third-order valence-corrected chi connectivity index (χ3v) is 4.57. The van der Waals surface area contributed by atoms with Crippen LogP contribution in [0, 0.1) is 10.1 Å². The predicted molar refractivity (Wildman–Crippen MR) is 111 cm³/mol. The van der Waals surface area contributed by atoms with Crippen LogP contribution in [-0.4, -0.2) is 54.6 Å². The van der Waals surface area contributed by atoms with Gasteiger partial charge in [-0.25, -0.2) is 4.79 Å². The molecule has 1 fully saturated rings. The summed E-state index contributed by atoms with van der Waals surface area (Å²) in [5.74, 6) is -1.60. The molecule has 156 valence electrons.